The van der Waals surface area contributed by atoms with Gasteiger partial charge in [0.2, 0.25) is 0 Å². The number of nitrogens with one attached hydrogen (secondary N) is 1. The zero-order valence-corrected chi connectivity index (χ0v) is 10.3. The summed E-state index contributed by atoms with van der Waals surface area (Å²) in [7, 11) is 1.43. The fourth-order valence-corrected chi connectivity index (χ4v) is 1.37. The van der Waals surface area contributed by atoms with E-state index < -0.39 is 18.0 Å². The first-order valence-corrected chi connectivity index (χ1v) is 5.51. The third-order valence-corrected chi connectivity index (χ3v) is 2.44. The van der Waals surface area contributed by atoms with Crippen molar-refractivity contribution in [3.8, 4) is 11.5 Å². The molecule has 0 aliphatic heterocycles. The molecule has 19 heavy (non-hydrogen) atoms. The van der Waals surface area contributed by atoms with Crippen LogP contribution in [-0.4, -0.2) is 47.0 Å². The fourth-order valence-electron chi connectivity index (χ4n) is 1.37. The minimum Gasteiger partial charge on any atom is -0.507 e. The molecular weight excluding hydrogens is 254 g/mol. The first-order valence-electron chi connectivity index (χ1n) is 5.51. The second kappa shape index (κ2) is 6.60. The van der Waals surface area contributed by atoms with E-state index in [0.29, 0.717) is 5.75 Å². The summed E-state index contributed by atoms with van der Waals surface area (Å²) in [5, 5.41) is 29.5. The molecule has 7 nitrogen and oxygen atoms in total. The van der Waals surface area contributed by atoms with Gasteiger partial charge in [-0.25, -0.2) is 4.79 Å². The monoisotopic (exact) mass is 269 g/mol. The Morgan fingerprint density at radius 1 is 1.42 bits per heavy atom. The molecule has 0 saturated heterocycles. The van der Waals surface area contributed by atoms with Gasteiger partial charge in [0.25, 0.3) is 5.91 Å². The molecule has 0 saturated carbocycles. The number of benzene rings is 1. The molecule has 4 N–H and O–H groups in total. The van der Waals surface area contributed by atoms with Gasteiger partial charge in [-0.1, -0.05) is 0 Å². The van der Waals surface area contributed by atoms with Crippen molar-refractivity contribution in [3.05, 3.63) is 23.8 Å². The van der Waals surface area contributed by atoms with E-state index in [1.807, 2.05) is 0 Å². The van der Waals surface area contributed by atoms with Crippen LogP contribution in [0.25, 0.3) is 0 Å². The molecule has 0 aromatic heterocycles. The number of aliphatic carboxylic acids is 1. The summed E-state index contributed by atoms with van der Waals surface area (Å²) in [5.74, 6) is -1.73. The number of carbonyl (C=O) groups is 2. The Bertz CT molecular complexity index is 473. The molecule has 1 rings (SSSR count). The lowest BCUT2D eigenvalue weighted by molar-refractivity contribution is -0.146. The highest BCUT2D eigenvalue weighted by atomic mass is 16.5. The molecule has 0 radical (unpaired) electrons. The van der Waals surface area contributed by atoms with E-state index in [9.17, 15) is 14.7 Å². The molecule has 0 aliphatic carbocycles. The fraction of sp³-hybridized carbons (Fsp3) is 0.333. The van der Waals surface area contributed by atoms with Crippen LogP contribution in [-0.2, 0) is 4.79 Å². The predicted molar refractivity (Wildman–Crippen MR) is 65.3 cm³/mol. The maximum Gasteiger partial charge on any atom is 0.332 e. The minimum atomic E-state index is -1.52. The molecule has 1 unspecified atom stereocenters. The van der Waals surface area contributed by atoms with Gasteiger partial charge >= 0.3 is 5.97 Å². The van der Waals surface area contributed by atoms with E-state index in [1.54, 1.807) is 0 Å². The SMILES string of the molecule is COc1ccc(C(=O)NCCC(O)C(=O)O)c(O)c1. The summed E-state index contributed by atoms with van der Waals surface area (Å²) < 4.78 is 4.88. The van der Waals surface area contributed by atoms with E-state index in [-0.39, 0.29) is 24.3 Å². The normalized spacial score (nSPS) is 11.7. The number of hydrogen-bond donors (Lipinski definition) is 4. The zero-order valence-electron chi connectivity index (χ0n) is 10.3. The van der Waals surface area contributed by atoms with Gasteiger partial charge in [0, 0.05) is 19.0 Å². The van der Waals surface area contributed by atoms with Gasteiger partial charge in [0.05, 0.1) is 12.7 Å². The van der Waals surface area contributed by atoms with Crippen molar-refractivity contribution in [2.45, 2.75) is 12.5 Å². The molecular formula is C12H15NO6. The van der Waals surface area contributed by atoms with Crippen molar-refractivity contribution in [2.75, 3.05) is 13.7 Å². The molecule has 1 aromatic carbocycles. The van der Waals surface area contributed by atoms with E-state index in [0.717, 1.165) is 0 Å². The number of ether oxygens (including phenoxy) is 1. The summed E-state index contributed by atoms with van der Waals surface area (Å²) in [5.41, 5.74) is 0.0469. The van der Waals surface area contributed by atoms with Crippen LogP contribution in [0.15, 0.2) is 18.2 Å². The van der Waals surface area contributed by atoms with Gasteiger partial charge in [0.15, 0.2) is 6.10 Å². The number of aromatic hydroxyl groups is 1. The van der Waals surface area contributed by atoms with Crippen molar-refractivity contribution in [1.29, 1.82) is 0 Å². The molecule has 104 valence electrons. The average molecular weight is 269 g/mol. The smallest absolute Gasteiger partial charge is 0.332 e. The molecule has 1 aromatic rings. The number of phenolic OH excluding ortho intramolecular Hbond substituents is 1. The van der Waals surface area contributed by atoms with E-state index >= 15 is 0 Å². The Morgan fingerprint density at radius 2 is 2.11 bits per heavy atom. The van der Waals surface area contributed by atoms with Gasteiger partial charge in [-0.05, 0) is 12.1 Å². The van der Waals surface area contributed by atoms with E-state index in [4.69, 9.17) is 14.9 Å². The second-order valence-corrected chi connectivity index (χ2v) is 3.78. The quantitative estimate of drug-likeness (QED) is 0.576. The van der Waals surface area contributed by atoms with Crippen molar-refractivity contribution in [2.24, 2.45) is 0 Å². The first kappa shape index (κ1) is 14.8. The maximum absolute atomic E-state index is 11.7. The summed E-state index contributed by atoms with van der Waals surface area (Å²) in [6.07, 6.45) is -1.64. The summed E-state index contributed by atoms with van der Waals surface area (Å²) in [6.45, 7) is -0.0161. The third-order valence-electron chi connectivity index (χ3n) is 2.44. The number of aliphatic hydroxyl groups is 1. The number of carbonyl (C=O) groups excluding carboxylic acids is 1. The summed E-state index contributed by atoms with van der Waals surface area (Å²) >= 11 is 0. The number of carboxylic acid groups (broad SMARTS) is 1. The molecule has 0 aliphatic rings. The standard InChI is InChI=1S/C12H15NO6/c1-19-7-2-3-8(10(15)6-7)11(16)13-5-4-9(14)12(17)18/h2-3,6,9,14-15H,4-5H2,1H3,(H,13,16)(H,17,18). The number of phenols is 1. The van der Waals surface area contributed by atoms with Crippen LogP contribution in [0, 0.1) is 0 Å². The van der Waals surface area contributed by atoms with E-state index in [1.165, 1.54) is 25.3 Å². The predicted octanol–water partition coefficient (Wildman–Crippen LogP) is -0.0338. The lowest BCUT2D eigenvalue weighted by Crippen LogP contribution is -2.30. The van der Waals surface area contributed by atoms with Crippen LogP contribution in [0.2, 0.25) is 0 Å². The van der Waals surface area contributed by atoms with Crippen molar-refractivity contribution in [3.63, 3.8) is 0 Å². The molecule has 7 heteroatoms. The summed E-state index contributed by atoms with van der Waals surface area (Å²) in [6, 6.07) is 4.19. The van der Waals surface area contributed by atoms with Crippen LogP contribution in [0.1, 0.15) is 16.8 Å². The first-order chi connectivity index (χ1) is 8.95. The Kier molecular flexibility index (Phi) is 5.13. The van der Waals surface area contributed by atoms with Crippen LogP contribution in [0.4, 0.5) is 0 Å². The van der Waals surface area contributed by atoms with Crippen LogP contribution in [0.5, 0.6) is 11.5 Å². The Balaban J connectivity index is 2.57. The van der Waals surface area contributed by atoms with Crippen molar-refractivity contribution in [1.82, 2.24) is 5.32 Å². The maximum atomic E-state index is 11.7. The highest BCUT2D eigenvalue weighted by molar-refractivity contribution is 5.97. The summed E-state index contributed by atoms with van der Waals surface area (Å²) in [4.78, 5) is 22.0. The number of carboxylic acids is 1. The Labute approximate surface area is 109 Å². The Morgan fingerprint density at radius 3 is 2.63 bits per heavy atom. The number of methoxy groups -OCH3 is 1. The van der Waals surface area contributed by atoms with Crippen LogP contribution in [0.3, 0.4) is 0 Å². The largest absolute Gasteiger partial charge is 0.507 e. The highest BCUT2D eigenvalue weighted by Gasteiger charge is 2.15. The van der Waals surface area contributed by atoms with Crippen LogP contribution < -0.4 is 10.1 Å². The number of amides is 1. The number of rotatable bonds is 6. The molecule has 0 fully saturated rings. The van der Waals surface area contributed by atoms with Gasteiger partial charge in [0.1, 0.15) is 11.5 Å². The molecule has 1 atom stereocenters. The molecule has 0 heterocycles. The molecule has 0 spiro atoms. The lowest BCUT2D eigenvalue weighted by atomic mass is 10.1. The van der Waals surface area contributed by atoms with Gasteiger partial charge < -0.3 is 25.4 Å². The topological polar surface area (TPSA) is 116 Å². The van der Waals surface area contributed by atoms with E-state index in [2.05, 4.69) is 5.32 Å². The number of aliphatic hydroxyl groups excluding tert-OH is 1. The van der Waals surface area contributed by atoms with Crippen molar-refractivity contribution < 1.29 is 29.6 Å². The molecule has 0 bridgehead atoms. The average Bonchev–Trinajstić information content (AvgIpc) is 2.37. The zero-order chi connectivity index (χ0) is 14.4. The Hall–Kier alpha value is -2.28. The number of hydrogen-bond acceptors (Lipinski definition) is 5. The van der Waals surface area contributed by atoms with Gasteiger partial charge in [-0.3, -0.25) is 4.79 Å². The van der Waals surface area contributed by atoms with Gasteiger partial charge in [-0.15, -0.1) is 0 Å². The lowest BCUT2D eigenvalue weighted by Gasteiger charge is -2.09. The second-order valence-electron chi connectivity index (χ2n) is 3.78. The third kappa shape index (κ3) is 4.14. The van der Waals surface area contributed by atoms with Gasteiger partial charge in [-0.2, -0.15) is 0 Å². The van der Waals surface area contributed by atoms with Crippen molar-refractivity contribution >= 4 is 11.9 Å². The highest BCUT2D eigenvalue weighted by Crippen LogP contribution is 2.23. The minimum absolute atomic E-state index is 0.0161. The van der Waals surface area contributed by atoms with Crippen LogP contribution >= 0.6 is 0 Å². The molecule has 1 amide bonds.